The number of imide groups is 1. The van der Waals surface area contributed by atoms with E-state index in [1.807, 2.05) is 0 Å². The standard InChI is InChI=1S/C20H16N2O4/c1-20(15-11-16(23)21-15,17(24)12-7-3-2-4-8-12)22-18(25)13-9-5-6-10-14(13)19(22)26/h2-10,15H,11H2,1H3,(H,21,23)/t15-,20+/m1/s1. The summed E-state index contributed by atoms with van der Waals surface area (Å²) in [6.45, 7) is 1.55. The summed E-state index contributed by atoms with van der Waals surface area (Å²) in [4.78, 5) is 51.8. The van der Waals surface area contributed by atoms with Crippen molar-refractivity contribution in [2.75, 3.05) is 0 Å². The normalized spacial score (nSPS) is 20.9. The first-order valence-electron chi connectivity index (χ1n) is 8.31. The molecule has 2 aromatic carbocycles. The number of benzene rings is 2. The van der Waals surface area contributed by atoms with Gasteiger partial charge in [0.25, 0.3) is 11.8 Å². The largest absolute Gasteiger partial charge is 0.350 e. The van der Waals surface area contributed by atoms with Crippen molar-refractivity contribution in [3.8, 4) is 0 Å². The van der Waals surface area contributed by atoms with Crippen LogP contribution in [0.4, 0.5) is 0 Å². The zero-order valence-electron chi connectivity index (χ0n) is 14.1. The Morgan fingerprint density at radius 1 is 0.962 bits per heavy atom. The van der Waals surface area contributed by atoms with Crippen LogP contribution in [0, 0.1) is 0 Å². The van der Waals surface area contributed by atoms with E-state index in [9.17, 15) is 19.2 Å². The van der Waals surface area contributed by atoms with Gasteiger partial charge in [-0.25, -0.2) is 0 Å². The minimum absolute atomic E-state index is 0.0858. The summed E-state index contributed by atoms with van der Waals surface area (Å²) in [7, 11) is 0. The van der Waals surface area contributed by atoms with Crippen molar-refractivity contribution in [2.45, 2.75) is 24.9 Å². The number of nitrogens with zero attached hydrogens (tertiary/aromatic N) is 1. The molecule has 6 nitrogen and oxygen atoms in total. The molecule has 3 amide bonds. The van der Waals surface area contributed by atoms with E-state index in [1.165, 1.54) is 0 Å². The maximum Gasteiger partial charge on any atom is 0.262 e. The van der Waals surface area contributed by atoms with Gasteiger partial charge in [-0.2, -0.15) is 0 Å². The predicted octanol–water partition coefficient (Wildman–Crippen LogP) is 1.81. The van der Waals surface area contributed by atoms with E-state index in [4.69, 9.17) is 0 Å². The van der Waals surface area contributed by atoms with Gasteiger partial charge >= 0.3 is 0 Å². The molecular formula is C20H16N2O4. The fourth-order valence-electron chi connectivity index (χ4n) is 3.61. The summed E-state index contributed by atoms with van der Waals surface area (Å²) in [6.07, 6.45) is 0.0858. The molecule has 0 spiro atoms. The Bertz CT molecular complexity index is 910. The molecule has 2 aromatic rings. The lowest BCUT2D eigenvalue weighted by molar-refractivity contribution is -0.130. The number of carbonyl (C=O) groups is 4. The summed E-state index contributed by atoms with van der Waals surface area (Å²) in [5.41, 5.74) is -0.569. The van der Waals surface area contributed by atoms with Gasteiger partial charge in [0.15, 0.2) is 5.78 Å². The van der Waals surface area contributed by atoms with Crippen molar-refractivity contribution >= 4 is 23.5 Å². The molecule has 1 N–H and O–H groups in total. The van der Waals surface area contributed by atoms with Crippen molar-refractivity contribution in [1.29, 1.82) is 0 Å². The molecule has 0 saturated carbocycles. The lowest BCUT2D eigenvalue weighted by Crippen LogP contribution is -2.71. The Balaban J connectivity index is 1.83. The highest BCUT2D eigenvalue weighted by molar-refractivity contribution is 6.25. The first-order valence-corrected chi connectivity index (χ1v) is 8.31. The topological polar surface area (TPSA) is 83.6 Å². The smallest absolute Gasteiger partial charge is 0.262 e. The summed E-state index contributed by atoms with van der Waals surface area (Å²) < 4.78 is 0. The van der Waals surface area contributed by atoms with Crippen molar-refractivity contribution in [1.82, 2.24) is 10.2 Å². The third-order valence-corrected chi connectivity index (χ3v) is 5.16. The van der Waals surface area contributed by atoms with Gasteiger partial charge in [0, 0.05) is 12.0 Å². The predicted molar refractivity (Wildman–Crippen MR) is 92.7 cm³/mol. The number of fused-ring (bicyclic) bond motifs is 1. The van der Waals surface area contributed by atoms with Gasteiger partial charge in [-0.15, -0.1) is 0 Å². The number of hydrogen-bond acceptors (Lipinski definition) is 4. The Kier molecular flexibility index (Phi) is 3.50. The van der Waals surface area contributed by atoms with Gasteiger partial charge in [-0.3, -0.25) is 24.1 Å². The van der Waals surface area contributed by atoms with Crippen LogP contribution >= 0.6 is 0 Å². The Morgan fingerprint density at radius 2 is 1.46 bits per heavy atom. The van der Waals surface area contributed by atoms with Gasteiger partial charge in [-0.05, 0) is 19.1 Å². The molecule has 130 valence electrons. The highest BCUT2D eigenvalue weighted by Crippen LogP contribution is 2.36. The molecule has 2 heterocycles. The van der Waals surface area contributed by atoms with E-state index in [1.54, 1.807) is 61.5 Å². The SMILES string of the molecule is C[C@@](C(=O)c1ccccc1)([C@H]1CC(=O)N1)N1C(=O)c2ccccc2C1=O. The molecule has 0 aliphatic carbocycles. The second-order valence-electron chi connectivity index (χ2n) is 6.66. The average molecular weight is 348 g/mol. The quantitative estimate of drug-likeness (QED) is 0.519. The number of ketones is 1. The zero-order valence-corrected chi connectivity index (χ0v) is 14.1. The van der Waals surface area contributed by atoms with Crippen LogP contribution in [0.5, 0.6) is 0 Å². The summed E-state index contributed by atoms with van der Waals surface area (Å²) >= 11 is 0. The fourth-order valence-corrected chi connectivity index (χ4v) is 3.61. The number of carbonyl (C=O) groups excluding carboxylic acids is 4. The third kappa shape index (κ3) is 2.12. The van der Waals surface area contributed by atoms with Crippen LogP contribution in [0.25, 0.3) is 0 Å². The van der Waals surface area contributed by atoms with E-state index in [-0.39, 0.29) is 29.2 Å². The molecule has 2 atom stereocenters. The number of nitrogens with one attached hydrogen (secondary N) is 1. The van der Waals surface area contributed by atoms with Gasteiger partial charge in [0.2, 0.25) is 5.91 Å². The van der Waals surface area contributed by atoms with Crippen LogP contribution in [0.2, 0.25) is 0 Å². The number of β-lactam (4-membered cyclic amide) rings is 1. The Hall–Kier alpha value is -3.28. The first kappa shape index (κ1) is 16.2. The lowest BCUT2D eigenvalue weighted by Gasteiger charge is -2.46. The maximum atomic E-state index is 13.3. The van der Waals surface area contributed by atoms with Crippen LogP contribution in [-0.2, 0) is 4.79 Å². The summed E-state index contributed by atoms with van der Waals surface area (Å²) in [5, 5.41) is 2.67. The molecule has 0 radical (unpaired) electrons. The van der Waals surface area contributed by atoms with E-state index in [0.29, 0.717) is 5.56 Å². The molecule has 4 rings (SSSR count). The second-order valence-corrected chi connectivity index (χ2v) is 6.66. The fraction of sp³-hybridized carbons (Fsp3) is 0.200. The van der Waals surface area contributed by atoms with Crippen molar-refractivity contribution < 1.29 is 19.2 Å². The maximum absolute atomic E-state index is 13.3. The van der Waals surface area contributed by atoms with Crippen molar-refractivity contribution in [3.63, 3.8) is 0 Å². The molecule has 6 heteroatoms. The monoisotopic (exact) mass is 348 g/mol. The number of amides is 3. The molecule has 26 heavy (non-hydrogen) atoms. The minimum atomic E-state index is -1.50. The number of hydrogen-bond donors (Lipinski definition) is 1. The van der Waals surface area contributed by atoms with Crippen LogP contribution in [-0.4, -0.2) is 40.0 Å². The first-order chi connectivity index (χ1) is 12.4. The number of Topliss-reactive ketones (excluding diaryl/α,β-unsaturated/α-hetero) is 1. The highest BCUT2D eigenvalue weighted by Gasteiger charge is 2.57. The summed E-state index contributed by atoms with van der Waals surface area (Å²) in [6, 6.07) is 14.4. The van der Waals surface area contributed by atoms with Gasteiger partial charge in [0.1, 0.15) is 5.54 Å². The molecule has 2 aliphatic rings. The van der Waals surface area contributed by atoms with Crippen molar-refractivity contribution in [2.24, 2.45) is 0 Å². The molecule has 0 aromatic heterocycles. The molecule has 1 fully saturated rings. The molecule has 0 unspecified atom stereocenters. The Labute approximate surface area is 149 Å². The molecule has 2 aliphatic heterocycles. The minimum Gasteiger partial charge on any atom is -0.350 e. The molecule has 1 saturated heterocycles. The Morgan fingerprint density at radius 3 is 1.96 bits per heavy atom. The van der Waals surface area contributed by atoms with E-state index >= 15 is 0 Å². The van der Waals surface area contributed by atoms with E-state index < -0.39 is 23.4 Å². The van der Waals surface area contributed by atoms with Gasteiger partial charge in [-0.1, -0.05) is 42.5 Å². The third-order valence-electron chi connectivity index (χ3n) is 5.16. The zero-order chi connectivity index (χ0) is 18.5. The summed E-state index contributed by atoms with van der Waals surface area (Å²) in [5.74, 6) is -1.62. The highest BCUT2D eigenvalue weighted by atomic mass is 16.2. The van der Waals surface area contributed by atoms with E-state index in [2.05, 4.69) is 5.32 Å². The van der Waals surface area contributed by atoms with Crippen LogP contribution in [0.15, 0.2) is 54.6 Å². The van der Waals surface area contributed by atoms with Gasteiger partial charge < -0.3 is 5.32 Å². The van der Waals surface area contributed by atoms with Crippen LogP contribution < -0.4 is 5.32 Å². The van der Waals surface area contributed by atoms with Crippen LogP contribution in [0.3, 0.4) is 0 Å². The molecular weight excluding hydrogens is 332 g/mol. The van der Waals surface area contributed by atoms with Crippen LogP contribution in [0.1, 0.15) is 44.4 Å². The van der Waals surface area contributed by atoms with Crippen molar-refractivity contribution in [3.05, 3.63) is 71.3 Å². The second kappa shape index (κ2) is 5.62. The molecule has 0 bridgehead atoms. The van der Waals surface area contributed by atoms with Gasteiger partial charge in [0.05, 0.1) is 17.2 Å². The number of rotatable bonds is 4. The average Bonchev–Trinajstić information content (AvgIpc) is 2.90. The van der Waals surface area contributed by atoms with E-state index in [0.717, 1.165) is 4.90 Å². The lowest BCUT2D eigenvalue weighted by atomic mass is 9.77.